The van der Waals surface area contributed by atoms with Gasteiger partial charge < -0.3 is 9.73 Å². The Morgan fingerprint density at radius 2 is 1.90 bits per heavy atom. The molecule has 1 atom stereocenters. The van der Waals surface area contributed by atoms with Crippen molar-refractivity contribution in [2.24, 2.45) is 0 Å². The minimum absolute atomic E-state index is 0.0662. The van der Waals surface area contributed by atoms with Gasteiger partial charge in [0.15, 0.2) is 0 Å². The van der Waals surface area contributed by atoms with Gasteiger partial charge in [0.05, 0.1) is 18.6 Å². The van der Waals surface area contributed by atoms with Crippen LogP contribution in [0.15, 0.2) is 47.1 Å². The van der Waals surface area contributed by atoms with Crippen molar-refractivity contribution in [3.8, 4) is 0 Å². The second kappa shape index (κ2) is 6.24. The van der Waals surface area contributed by atoms with Crippen LogP contribution in [0.2, 0.25) is 0 Å². The number of benzene rings is 1. The second-order valence-corrected chi connectivity index (χ2v) is 7.15. The molecule has 1 N–H and O–H groups in total. The highest BCUT2D eigenvalue weighted by Crippen LogP contribution is 2.17. The van der Waals surface area contributed by atoms with Crippen molar-refractivity contribution in [1.82, 2.24) is 5.32 Å². The predicted octanol–water partition coefficient (Wildman–Crippen LogP) is 2.46. The Morgan fingerprint density at radius 1 is 1.20 bits per heavy atom. The second-order valence-electron chi connectivity index (χ2n) is 4.96. The molecule has 0 saturated carbocycles. The van der Waals surface area contributed by atoms with Gasteiger partial charge >= 0.3 is 0 Å². The van der Waals surface area contributed by atoms with Gasteiger partial charge in [0.1, 0.15) is 15.6 Å². The molecule has 108 valence electrons. The van der Waals surface area contributed by atoms with Crippen LogP contribution in [0.1, 0.15) is 22.9 Å². The molecule has 5 heteroatoms. The molecular formula is C15H19NO3S. The van der Waals surface area contributed by atoms with Crippen LogP contribution < -0.4 is 5.32 Å². The van der Waals surface area contributed by atoms with E-state index in [4.69, 9.17) is 4.42 Å². The van der Waals surface area contributed by atoms with Crippen molar-refractivity contribution >= 4 is 9.84 Å². The zero-order valence-electron chi connectivity index (χ0n) is 11.7. The lowest BCUT2D eigenvalue weighted by Crippen LogP contribution is -2.27. The molecule has 1 aromatic carbocycles. The fourth-order valence-electron chi connectivity index (χ4n) is 2.06. The smallest absolute Gasteiger partial charge is 0.149 e. The lowest BCUT2D eigenvalue weighted by molar-refractivity contribution is 0.457. The number of rotatable bonds is 6. The van der Waals surface area contributed by atoms with Crippen molar-refractivity contribution in [2.75, 3.05) is 12.0 Å². The third-order valence-electron chi connectivity index (χ3n) is 3.15. The molecule has 1 unspecified atom stereocenters. The fraction of sp³-hybridized carbons (Fsp3) is 0.333. The molecule has 0 aliphatic carbocycles. The summed E-state index contributed by atoms with van der Waals surface area (Å²) < 4.78 is 28.5. The normalized spacial score (nSPS) is 13.3. The summed E-state index contributed by atoms with van der Waals surface area (Å²) in [5, 5.41) is 3.26. The first-order chi connectivity index (χ1) is 9.46. The molecule has 0 fully saturated rings. The van der Waals surface area contributed by atoms with E-state index in [1.165, 1.54) is 6.26 Å². The lowest BCUT2D eigenvalue weighted by atomic mass is 10.1. The number of hydrogen-bond donors (Lipinski definition) is 1. The average Bonchev–Trinajstić information content (AvgIpc) is 2.80. The van der Waals surface area contributed by atoms with Gasteiger partial charge in [0, 0.05) is 12.3 Å². The summed E-state index contributed by atoms with van der Waals surface area (Å²) in [4.78, 5) is 0. The highest BCUT2D eigenvalue weighted by Gasteiger charge is 2.17. The van der Waals surface area contributed by atoms with Gasteiger partial charge in [-0.2, -0.15) is 0 Å². The quantitative estimate of drug-likeness (QED) is 0.889. The van der Waals surface area contributed by atoms with E-state index >= 15 is 0 Å². The van der Waals surface area contributed by atoms with Crippen molar-refractivity contribution in [2.45, 2.75) is 19.5 Å². The van der Waals surface area contributed by atoms with Gasteiger partial charge in [0.25, 0.3) is 0 Å². The number of aryl methyl sites for hydroxylation is 1. The summed E-state index contributed by atoms with van der Waals surface area (Å²) in [6.45, 7) is 2.47. The molecule has 1 heterocycles. The van der Waals surface area contributed by atoms with Crippen molar-refractivity contribution in [3.05, 3.63) is 59.5 Å². The van der Waals surface area contributed by atoms with Gasteiger partial charge in [-0.3, -0.25) is 0 Å². The third-order valence-corrected chi connectivity index (χ3v) is 4.09. The van der Waals surface area contributed by atoms with E-state index in [1.54, 1.807) is 6.26 Å². The van der Waals surface area contributed by atoms with Gasteiger partial charge in [-0.1, -0.05) is 30.3 Å². The summed E-state index contributed by atoms with van der Waals surface area (Å²) >= 11 is 0. The Hall–Kier alpha value is -1.59. The minimum atomic E-state index is -3.07. The summed E-state index contributed by atoms with van der Waals surface area (Å²) in [6, 6.07) is 11.2. The standard InChI is InChI=1S/C15H19NO3S/c1-12-8-9-19-15(12)10-16-14(11-20(2,17)18)13-6-4-3-5-7-13/h3-9,14,16H,10-11H2,1-2H3. The first-order valence-electron chi connectivity index (χ1n) is 6.45. The van der Waals surface area contributed by atoms with Crippen LogP contribution in [0.5, 0.6) is 0 Å². The van der Waals surface area contributed by atoms with Gasteiger partial charge in [-0.25, -0.2) is 8.42 Å². The molecule has 0 radical (unpaired) electrons. The molecule has 4 nitrogen and oxygen atoms in total. The van der Waals surface area contributed by atoms with E-state index in [-0.39, 0.29) is 11.8 Å². The molecule has 0 aliphatic heterocycles. The summed E-state index contributed by atoms with van der Waals surface area (Å²) in [7, 11) is -3.07. The summed E-state index contributed by atoms with van der Waals surface area (Å²) in [5.74, 6) is 0.899. The van der Waals surface area contributed by atoms with Crippen LogP contribution >= 0.6 is 0 Å². The van der Waals surface area contributed by atoms with Crippen LogP contribution in [0.4, 0.5) is 0 Å². The van der Waals surface area contributed by atoms with Crippen molar-refractivity contribution < 1.29 is 12.8 Å². The molecule has 0 bridgehead atoms. The SMILES string of the molecule is Cc1ccoc1CNC(CS(C)(=O)=O)c1ccccc1. The highest BCUT2D eigenvalue weighted by molar-refractivity contribution is 7.90. The van der Waals surface area contributed by atoms with Crippen LogP contribution in [-0.4, -0.2) is 20.4 Å². The van der Waals surface area contributed by atoms with Gasteiger partial charge in [-0.05, 0) is 24.1 Å². The van der Waals surface area contributed by atoms with Crippen molar-refractivity contribution in [3.63, 3.8) is 0 Å². The first kappa shape index (κ1) is 14.8. The lowest BCUT2D eigenvalue weighted by Gasteiger charge is -2.18. The number of furan rings is 1. The van der Waals surface area contributed by atoms with Gasteiger partial charge in [-0.15, -0.1) is 0 Å². The van der Waals surface area contributed by atoms with Crippen molar-refractivity contribution in [1.29, 1.82) is 0 Å². The summed E-state index contributed by atoms with van der Waals surface area (Å²) in [5.41, 5.74) is 2.02. The Bertz CT molecular complexity index is 647. The number of nitrogens with one attached hydrogen (secondary N) is 1. The minimum Gasteiger partial charge on any atom is -0.468 e. The van der Waals surface area contributed by atoms with Crippen LogP contribution in [0.25, 0.3) is 0 Å². The average molecular weight is 293 g/mol. The van der Waals surface area contributed by atoms with E-state index in [9.17, 15) is 8.42 Å². The Kier molecular flexibility index (Phi) is 4.62. The van der Waals surface area contributed by atoms with Crippen LogP contribution in [-0.2, 0) is 16.4 Å². The molecule has 0 amide bonds. The zero-order valence-corrected chi connectivity index (χ0v) is 12.5. The Balaban J connectivity index is 2.13. The van der Waals surface area contributed by atoms with Crippen LogP contribution in [0, 0.1) is 6.92 Å². The summed E-state index contributed by atoms with van der Waals surface area (Å²) in [6.07, 6.45) is 2.89. The predicted molar refractivity (Wildman–Crippen MR) is 79.2 cm³/mol. The van der Waals surface area contributed by atoms with E-state index in [1.807, 2.05) is 43.3 Å². The van der Waals surface area contributed by atoms with E-state index in [0.29, 0.717) is 6.54 Å². The monoisotopic (exact) mass is 293 g/mol. The maximum absolute atomic E-state index is 11.6. The topological polar surface area (TPSA) is 59.3 Å². The first-order valence-corrected chi connectivity index (χ1v) is 8.51. The van der Waals surface area contributed by atoms with Gasteiger partial charge in [0.2, 0.25) is 0 Å². The molecule has 0 aliphatic rings. The molecule has 0 saturated heterocycles. The molecule has 0 spiro atoms. The van der Waals surface area contributed by atoms with E-state index < -0.39 is 9.84 Å². The third kappa shape index (κ3) is 4.21. The van der Waals surface area contributed by atoms with E-state index in [0.717, 1.165) is 16.9 Å². The molecule has 1 aromatic heterocycles. The van der Waals surface area contributed by atoms with E-state index in [2.05, 4.69) is 5.32 Å². The number of hydrogen-bond acceptors (Lipinski definition) is 4. The Morgan fingerprint density at radius 3 is 2.45 bits per heavy atom. The number of sulfone groups is 1. The maximum atomic E-state index is 11.6. The molecule has 2 aromatic rings. The largest absolute Gasteiger partial charge is 0.468 e. The van der Waals surface area contributed by atoms with Crippen LogP contribution in [0.3, 0.4) is 0 Å². The molecule has 2 rings (SSSR count). The highest BCUT2D eigenvalue weighted by atomic mass is 32.2. The molecular weight excluding hydrogens is 274 g/mol. The molecule has 20 heavy (non-hydrogen) atoms. The zero-order chi connectivity index (χ0) is 14.6. The maximum Gasteiger partial charge on any atom is 0.149 e. The fourth-order valence-corrected chi connectivity index (χ4v) is 2.98. The Labute approximate surface area is 119 Å².